The molecule has 5 heteroatoms. The predicted octanol–water partition coefficient (Wildman–Crippen LogP) is 1.66. The summed E-state index contributed by atoms with van der Waals surface area (Å²) in [7, 11) is -2.91. The smallest absolute Gasteiger partial charge is 0.153 e. The molecule has 1 heterocycles. The molecule has 1 saturated heterocycles. The number of hydrogen-bond acceptors (Lipinski definition) is 4. The van der Waals surface area contributed by atoms with Crippen LogP contribution in [0.15, 0.2) is 0 Å². The summed E-state index contributed by atoms with van der Waals surface area (Å²) in [4.78, 5) is 2.31. The second kappa shape index (κ2) is 8.22. The van der Waals surface area contributed by atoms with Gasteiger partial charge in [0.15, 0.2) is 9.84 Å². The second-order valence-electron chi connectivity index (χ2n) is 5.86. The Morgan fingerprint density at radius 3 is 2.53 bits per heavy atom. The summed E-state index contributed by atoms with van der Waals surface area (Å²) in [5.74, 6) is 0.289. The van der Waals surface area contributed by atoms with Gasteiger partial charge in [0.1, 0.15) is 0 Å². The van der Waals surface area contributed by atoms with Gasteiger partial charge in [-0.1, -0.05) is 13.3 Å². The minimum atomic E-state index is -2.91. The average molecular weight is 290 g/mol. The molecule has 0 spiro atoms. The van der Waals surface area contributed by atoms with Gasteiger partial charge in [0, 0.05) is 19.1 Å². The van der Waals surface area contributed by atoms with Crippen LogP contribution in [0.4, 0.5) is 0 Å². The van der Waals surface area contributed by atoms with Gasteiger partial charge < -0.3 is 10.2 Å². The first kappa shape index (κ1) is 16.9. The minimum Gasteiger partial charge on any atom is -0.313 e. The van der Waals surface area contributed by atoms with Gasteiger partial charge in [-0.3, -0.25) is 0 Å². The van der Waals surface area contributed by atoms with Crippen molar-refractivity contribution >= 4 is 9.84 Å². The Kier molecular flexibility index (Phi) is 7.32. The summed E-state index contributed by atoms with van der Waals surface area (Å²) < 4.78 is 23.8. The fourth-order valence-electron chi connectivity index (χ4n) is 2.49. The molecule has 0 amide bonds. The van der Waals surface area contributed by atoms with Crippen molar-refractivity contribution in [2.24, 2.45) is 0 Å². The predicted molar refractivity (Wildman–Crippen MR) is 81.3 cm³/mol. The van der Waals surface area contributed by atoms with E-state index >= 15 is 0 Å². The Hall–Kier alpha value is -0.130. The van der Waals surface area contributed by atoms with Gasteiger partial charge in [0.05, 0.1) is 11.0 Å². The first-order valence-corrected chi connectivity index (χ1v) is 9.34. The van der Waals surface area contributed by atoms with E-state index in [2.05, 4.69) is 17.1 Å². The first-order valence-electron chi connectivity index (χ1n) is 7.63. The number of hydrogen-bond donors (Lipinski definition) is 1. The van der Waals surface area contributed by atoms with Gasteiger partial charge in [0.2, 0.25) is 0 Å². The van der Waals surface area contributed by atoms with E-state index in [-0.39, 0.29) is 11.0 Å². The van der Waals surface area contributed by atoms with E-state index in [0.717, 1.165) is 26.1 Å². The highest BCUT2D eigenvalue weighted by molar-refractivity contribution is 7.92. The highest BCUT2D eigenvalue weighted by atomic mass is 32.2. The van der Waals surface area contributed by atoms with Gasteiger partial charge in [-0.15, -0.1) is 0 Å². The van der Waals surface area contributed by atoms with E-state index in [1.54, 1.807) is 13.8 Å². The summed E-state index contributed by atoms with van der Waals surface area (Å²) in [6.45, 7) is 9.44. The molecule has 1 atom stereocenters. The van der Waals surface area contributed by atoms with Crippen LogP contribution in [0.25, 0.3) is 0 Å². The summed E-state index contributed by atoms with van der Waals surface area (Å²) in [6.07, 6.45) is 4.86. The van der Waals surface area contributed by atoms with E-state index in [0.29, 0.717) is 12.6 Å². The lowest BCUT2D eigenvalue weighted by Crippen LogP contribution is -2.45. The zero-order valence-electron chi connectivity index (χ0n) is 12.7. The molecular weight excluding hydrogens is 260 g/mol. The lowest BCUT2D eigenvalue weighted by molar-refractivity contribution is 0.234. The summed E-state index contributed by atoms with van der Waals surface area (Å²) in [5.41, 5.74) is 0. The molecule has 1 rings (SSSR count). The third-order valence-corrected chi connectivity index (χ3v) is 6.03. The van der Waals surface area contributed by atoms with E-state index < -0.39 is 9.84 Å². The van der Waals surface area contributed by atoms with Crippen LogP contribution < -0.4 is 5.32 Å². The number of sulfone groups is 1. The van der Waals surface area contributed by atoms with Crippen LogP contribution in [0, 0.1) is 0 Å². The van der Waals surface area contributed by atoms with Crippen LogP contribution in [0.2, 0.25) is 0 Å². The largest absolute Gasteiger partial charge is 0.313 e. The molecule has 1 aliphatic heterocycles. The highest BCUT2D eigenvalue weighted by Crippen LogP contribution is 2.09. The third kappa shape index (κ3) is 6.23. The molecule has 0 aliphatic carbocycles. The van der Waals surface area contributed by atoms with Gasteiger partial charge >= 0.3 is 0 Å². The molecule has 114 valence electrons. The molecule has 1 N–H and O–H groups in total. The number of piperidine rings is 1. The van der Waals surface area contributed by atoms with Crippen molar-refractivity contribution < 1.29 is 8.42 Å². The number of rotatable bonds is 8. The Morgan fingerprint density at radius 1 is 1.26 bits per heavy atom. The average Bonchev–Trinajstić information content (AvgIpc) is 2.37. The molecular formula is C14H30N2O2S. The van der Waals surface area contributed by atoms with Crippen molar-refractivity contribution in [2.75, 3.05) is 31.9 Å². The molecule has 1 unspecified atom stereocenters. The fraction of sp³-hybridized carbons (Fsp3) is 1.00. The lowest BCUT2D eigenvalue weighted by Gasteiger charge is -2.30. The molecule has 1 fully saturated rings. The van der Waals surface area contributed by atoms with E-state index in [9.17, 15) is 8.42 Å². The normalized spacial score (nSPS) is 21.2. The van der Waals surface area contributed by atoms with E-state index in [4.69, 9.17) is 0 Å². The molecule has 0 saturated carbocycles. The quantitative estimate of drug-likeness (QED) is 0.739. The number of nitrogens with zero attached hydrogens (tertiary/aromatic N) is 1. The minimum absolute atomic E-state index is 0.260. The van der Waals surface area contributed by atoms with E-state index in [1.807, 2.05) is 0 Å². The van der Waals surface area contributed by atoms with Gasteiger partial charge in [-0.2, -0.15) is 0 Å². The Labute approximate surface area is 118 Å². The van der Waals surface area contributed by atoms with Crippen molar-refractivity contribution in [2.45, 2.75) is 57.7 Å². The van der Waals surface area contributed by atoms with Crippen LogP contribution in [-0.4, -0.2) is 56.5 Å². The topological polar surface area (TPSA) is 49.4 Å². The van der Waals surface area contributed by atoms with Crippen molar-refractivity contribution in [1.82, 2.24) is 10.2 Å². The maximum absolute atomic E-state index is 11.9. The van der Waals surface area contributed by atoms with Crippen LogP contribution >= 0.6 is 0 Å². The van der Waals surface area contributed by atoms with Crippen LogP contribution in [0.3, 0.4) is 0 Å². The SMILES string of the molecule is CCCN(CCS(=O)(=O)C(C)C)CC1CCCCN1. The lowest BCUT2D eigenvalue weighted by atomic mass is 10.0. The van der Waals surface area contributed by atoms with Gasteiger partial charge in [0.25, 0.3) is 0 Å². The molecule has 4 nitrogen and oxygen atoms in total. The van der Waals surface area contributed by atoms with Crippen LogP contribution in [0.1, 0.15) is 46.5 Å². The highest BCUT2D eigenvalue weighted by Gasteiger charge is 2.20. The second-order valence-corrected chi connectivity index (χ2v) is 8.54. The summed E-state index contributed by atoms with van der Waals surface area (Å²) in [5, 5.41) is 3.28. The van der Waals surface area contributed by atoms with Crippen molar-refractivity contribution in [3.63, 3.8) is 0 Å². The van der Waals surface area contributed by atoms with Gasteiger partial charge in [-0.25, -0.2) is 8.42 Å². The van der Waals surface area contributed by atoms with Crippen molar-refractivity contribution in [1.29, 1.82) is 0 Å². The Morgan fingerprint density at radius 2 is 2.00 bits per heavy atom. The molecule has 19 heavy (non-hydrogen) atoms. The molecule has 1 aliphatic rings. The monoisotopic (exact) mass is 290 g/mol. The molecule has 0 aromatic rings. The van der Waals surface area contributed by atoms with Crippen LogP contribution in [-0.2, 0) is 9.84 Å². The van der Waals surface area contributed by atoms with Gasteiger partial charge in [-0.05, 0) is 46.2 Å². The molecule has 0 radical (unpaired) electrons. The molecule has 0 bridgehead atoms. The fourth-order valence-corrected chi connectivity index (χ4v) is 3.48. The summed E-state index contributed by atoms with van der Waals surface area (Å²) >= 11 is 0. The first-order chi connectivity index (χ1) is 8.95. The zero-order valence-corrected chi connectivity index (χ0v) is 13.5. The number of nitrogens with one attached hydrogen (secondary N) is 1. The maximum Gasteiger partial charge on any atom is 0.153 e. The standard InChI is InChI=1S/C14H30N2O2S/c1-4-9-16(10-11-19(17,18)13(2)3)12-14-7-5-6-8-15-14/h13-15H,4-12H2,1-3H3. The van der Waals surface area contributed by atoms with Crippen molar-refractivity contribution in [3.05, 3.63) is 0 Å². The van der Waals surface area contributed by atoms with Crippen LogP contribution in [0.5, 0.6) is 0 Å². The third-order valence-electron chi connectivity index (χ3n) is 3.84. The summed E-state index contributed by atoms with van der Waals surface area (Å²) in [6, 6.07) is 0.544. The maximum atomic E-state index is 11.9. The van der Waals surface area contributed by atoms with Crippen molar-refractivity contribution in [3.8, 4) is 0 Å². The molecule has 0 aromatic heterocycles. The Bertz CT molecular complexity index is 335. The van der Waals surface area contributed by atoms with E-state index in [1.165, 1.54) is 19.3 Å². The zero-order chi connectivity index (χ0) is 14.3. The molecule has 0 aromatic carbocycles. The Balaban J connectivity index is 2.43.